The number of aromatic nitrogens is 2. The van der Waals surface area contributed by atoms with Crippen molar-refractivity contribution in [1.82, 2.24) is 10.3 Å². The van der Waals surface area contributed by atoms with E-state index in [1.165, 1.54) is 6.07 Å². The SMILES string of the molecule is N#[N+]c1c([O-])cc(N2CCOCC2)c2nonc12. The van der Waals surface area contributed by atoms with Crippen LogP contribution in [0.2, 0.25) is 0 Å². The highest BCUT2D eigenvalue weighted by Crippen LogP contribution is 2.38. The first-order chi connectivity index (χ1) is 8.81. The van der Waals surface area contributed by atoms with E-state index in [9.17, 15) is 5.11 Å². The van der Waals surface area contributed by atoms with Crippen LogP contribution in [-0.4, -0.2) is 36.6 Å². The lowest BCUT2D eigenvalue weighted by Gasteiger charge is -2.29. The number of rotatable bonds is 1. The van der Waals surface area contributed by atoms with Crippen molar-refractivity contribution in [3.05, 3.63) is 11.0 Å². The Kier molecular flexibility index (Phi) is 2.46. The van der Waals surface area contributed by atoms with Crippen LogP contribution in [0.4, 0.5) is 11.4 Å². The van der Waals surface area contributed by atoms with E-state index in [4.69, 9.17) is 10.1 Å². The van der Waals surface area contributed by atoms with Gasteiger partial charge < -0.3 is 14.7 Å². The summed E-state index contributed by atoms with van der Waals surface area (Å²) in [6, 6.07) is 1.38. The molecule has 0 N–H and O–H groups in total. The molecule has 92 valence electrons. The van der Waals surface area contributed by atoms with Crippen LogP contribution < -0.4 is 10.0 Å². The number of nitrogens with zero attached hydrogens (tertiary/aromatic N) is 5. The third-order valence-electron chi connectivity index (χ3n) is 2.91. The third kappa shape index (κ3) is 1.53. The van der Waals surface area contributed by atoms with Gasteiger partial charge in [-0.1, -0.05) is 0 Å². The average molecular weight is 247 g/mol. The predicted molar refractivity (Wildman–Crippen MR) is 59.0 cm³/mol. The molecule has 0 unspecified atom stereocenters. The number of ether oxygens (including phenoxy) is 1. The van der Waals surface area contributed by atoms with Crippen molar-refractivity contribution in [1.29, 1.82) is 5.39 Å². The molecule has 2 aromatic rings. The van der Waals surface area contributed by atoms with Gasteiger partial charge in [-0.3, -0.25) is 0 Å². The van der Waals surface area contributed by atoms with Crippen molar-refractivity contribution in [2.45, 2.75) is 0 Å². The molecular weight excluding hydrogens is 238 g/mol. The maximum absolute atomic E-state index is 11.8. The lowest BCUT2D eigenvalue weighted by atomic mass is 10.2. The molecule has 1 aromatic heterocycles. The number of hydrogen-bond acceptors (Lipinski definition) is 7. The zero-order valence-electron chi connectivity index (χ0n) is 9.37. The highest BCUT2D eigenvalue weighted by Gasteiger charge is 2.25. The van der Waals surface area contributed by atoms with Crippen molar-refractivity contribution in [2.24, 2.45) is 0 Å². The number of hydrogen-bond donors (Lipinski definition) is 0. The Bertz CT molecular complexity index is 626. The first-order valence-corrected chi connectivity index (χ1v) is 5.45. The number of benzene rings is 1. The molecular formula is C10H9N5O3. The molecule has 1 aliphatic rings. The highest BCUT2D eigenvalue weighted by atomic mass is 16.6. The Morgan fingerprint density at radius 2 is 2.00 bits per heavy atom. The molecule has 3 rings (SSSR count). The zero-order valence-corrected chi connectivity index (χ0v) is 9.37. The van der Waals surface area contributed by atoms with Crippen LogP contribution in [0.15, 0.2) is 10.7 Å². The molecule has 1 aliphatic heterocycles. The summed E-state index contributed by atoms with van der Waals surface area (Å²) in [7, 11) is 0. The summed E-state index contributed by atoms with van der Waals surface area (Å²) >= 11 is 0. The molecule has 0 bridgehead atoms. The first kappa shape index (κ1) is 10.7. The topological polar surface area (TPSA) is 103 Å². The number of fused-ring (bicyclic) bond motifs is 1. The van der Waals surface area contributed by atoms with Crippen molar-refractivity contribution in [3.63, 3.8) is 0 Å². The largest absolute Gasteiger partial charge is 0.867 e. The monoisotopic (exact) mass is 247 g/mol. The third-order valence-corrected chi connectivity index (χ3v) is 2.91. The maximum atomic E-state index is 11.8. The number of diazo groups is 1. The quantitative estimate of drug-likeness (QED) is 0.680. The summed E-state index contributed by atoms with van der Waals surface area (Å²) in [5.41, 5.74) is 1.08. The van der Waals surface area contributed by atoms with E-state index in [1.807, 2.05) is 4.90 Å². The summed E-state index contributed by atoms with van der Waals surface area (Å²) in [5, 5.41) is 28.0. The summed E-state index contributed by atoms with van der Waals surface area (Å²) in [6.07, 6.45) is 0. The van der Waals surface area contributed by atoms with E-state index in [0.717, 1.165) is 0 Å². The number of morpholine rings is 1. The van der Waals surface area contributed by atoms with Crippen molar-refractivity contribution in [3.8, 4) is 5.75 Å². The first-order valence-electron chi connectivity index (χ1n) is 5.45. The molecule has 1 fully saturated rings. The maximum Gasteiger partial charge on any atom is 0.408 e. The second-order valence-electron chi connectivity index (χ2n) is 3.90. The Balaban J connectivity index is 2.18. The van der Waals surface area contributed by atoms with E-state index in [2.05, 4.69) is 19.9 Å². The minimum atomic E-state index is -0.415. The van der Waals surface area contributed by atoms with Gasteiger partial charge in [0.2, 0.25) is 10.9 Å². The van der Waals surface area contributed by atoms with Crippen molar-refractivity contribution >= 4 is 22.4 Å². The minimum absolute atomic E-state index is 0.150. The van der Waals surface area contributed by atoms with Crippen LogP contribution in [0.3, 0.4) is 0 Å². The smallest absolute Gasteiger partial charge is 0.408 e. The van der Waals surface area contributed by atoms with Crippen molar-refractivity contribution in [2.75, 3.05) is 31.2 Å². The van der Waals surface area contributed by atoms with Crippen LogP contribution in [0, 0.1) is 5.39 Å². The van der Waals surface area contributed by atoms with Crippen LogP contribution in [-0.2, 0) is 4.74 Å². The standard InChI is InChI=1S/C10H9N5O3/c11-12-9-7(16)5-6(8-10(9)14-18-13-8)15-1-3-17-4-2-15/h5H,1-4H2. The molecule has 0 atom stereocenters. The molecule has 8 heteroatoms. The highest BCUT2D eigenvalue weighted by molar-refractivity contribution is 5.99. The second-order valence-corrected chi connectivity index (χ2v) is 3.90. The van der Waals surface area contributed by atoms with Crippen LogP contribution in [0.25, 0.3) is 16.0 Å². The van der Waals surface area contributed by atoms with Gasteiger partial charge >= 0.3 is 5.69 Å². The Morgan fingerprint density at radius 1 is 1.28 bits per heavy atom. The van der Waals surface area contributed by atoms with Crippen molar-refractivity contribution < 1.29 is 14.5 Å². The average Bonchev–Trinajstić information content (AvgIpc) is 2.88. The fourth-order valence-corrected chi connectivity index (χ4v) is 2.03. The van der Waals surface area contributed by atoms with E-state index >= 15 is 0 Å². The van der Waals surface area contributed by atoms with E-state index in [0.29, 0.717) is 37.5 Å². The van der Waals surface area contributed by atoms with Gasteiger partial charge in [0.25, 0.3) is 0 Å². The summed E-state index contributed by atoms with van der Waals surface area (Å²) in [6.45, 7) is 2.51. The van der Waals surface area contributed by atoms with Gasteiger partial charge in [0, 0.05) is 13.1 Å². The molecule has 1 aromatic carbocycles. The molecule has 0 amide bonds. The van der Waals surface area contributed by atoms with Crippen LogP contribution >= 0.6 is 0 Å². The van der Waals surface area contributed by atoms with E-state index in [1.54, 1.807) is 0 Å². The van der Waals surface area contributed by atoms with E-state index in [-0.39, 0.29) is 11.2 Å². The van der Waals surface area contributed by atoms with Gasteiger partial charge in [-0.05, 0) is 22.1 Å². The molecule has 18 heavy (non-hydrogen) atoms. The zero-order chi connectivity index (χ0) is 12.5. The summed E-state index contributed by atoms with van der Waals surface area (Å²) < 4.78 is 9.88. The summed E-state index contributed by atoms with van der Waals surface area (Å²) in [4.78, 5) is 4.91. The molecule has 0 radical (unpaired) electrons. The van der Waals surface area contributed by atoms with Crippen LogP contribution in [0.5, 0.6) is 5.75 Å². The number of anilines is 1. The van der Waals surface area contributed by atoms with Gasteiger partial charge in [0.05, 0.1) is 18.9 Å². The van der Waals surface area contributed by atoms with Gasteiger partial charge in [0.15, 0.2) is 10.5 Å². The second kappa shape index (κ2) is 4.12. The molecule has 0 saturated carbocycles. The molecule has 2 heterocycles. The van der Waals surface area contributed by atoms with E-state index < -0.39 is 5.75 Å². The lowest BCUT2D eigenvalue weighted by Crippen LogP contribution is -2.36. The normalized spacial score (nSPS) is 15.8. The Hall–Kier alpha value is -2.40. The van der Waals surface area contributed by atoms with Gasteiger partial charge in [-0.15, -0.1) is 0 Å². The molecule has 8 nitrogen and oxygen atoms in total. The van der Waals surface area contributed by atoms with Gasteiger partial charge in [0.1, 0.15) is 0 Å². The summed E-state index contributed by atoms with van der Waals surface area (Å²) in [5.74, 6) is -0.415. The minimum Gasteiger partial charge on any atom is -0.867 e. The fraction of sp³-hybridized carbons (Fsp3) is 0.400. The Morgan fingerprint density at radius 3 is 2.72 bits per heavy atom. The molecule has 0 aliphatic carbocycles. The van der Waals surface area contributed by atoms with Gasteiger partial charge in [-0.25, -0.2) is 4.63 Å². The predicted octanol–water partition coefficient (Wildman–Crippen LogP) is 0.618. The Labute approximate surface area is 101 Å². The lowest BCUT2D eigenvalue weighted by molar-refractivity contribution is -0.266. The fourth-order valence-electron chi connectivity index (χ4n) is 2.03. The van der Waals surface area contributed by atoms with Gasteiger partial charge in [-0.2, -0.15) is 0 Å². The van der Waals surface area contributed by atoms with Crippen LogP contribution in [0.1, 0.15) is 0 Å². The molecule has 1 saturated heterocycles. The molecule has 0 spiro atoms.